The predicted octanol–water partition coefficient (Wildman–Crippen LogP) is 5.00. The Labute approximate surface area is 125 Å². The van der Waals surface area contributed by atoms with Crippen molar-refractivity contribution in [1.29, 1.82) is 0 Å². The Hall–Kier alpha value is -0.790. The maximum atomic E-state index is 12.5. The second-order valence-electron chi connectivity index (χ2n) is 8.34. The third kappa shape index (κ3) is 3.86. The molecule has 0 aromatic rings. The topological polar surface area (TPSA) is 20.3 Å². The maximum Gasteiger partial charge on any atom is 0.226 e. The first-order valence-electron chi connectivity index (χ1n) is 7.99. The monoisotopic (exact) mass is 279 g/mol. The van der Waals surface area contributed by atoms with E-state index in [1.54, 1.807) is 0 Å². The lowest BCUT2D eigenvalue weighted by molar-refractivity contribution is -0.129. The van der Waals surface area contributed by atoms with Crippen LogP contribution in [0.1, 0.15) is 74.1 Å². The fraction of sp³-hybridized carbons (Fsp3) is 0.833. The summed E-state index contributed by atoms with van der Waals surface area (Å²) in [5.41, 5.74) is 2.84. The van der Waals surface area contributed by atoms with E-state index in [0.29, 0.717) is 12.3 Å². The van der Waals surface area contributed by atoms with Gasteiger partial charge in [0.15, 0.2) is 0 Å². The van der Waals surface area contributed by atoms with Gasteiger partial charge in [-0.2, -0.15) is 0 Å². The van der Waals surface area contributed by atoms with Gasteiger partial charge in [-0.05, 0) is 29.7 Å². The zero-order valence-corrected chi connectivity index (χ0v) is 14.8. The number of hydrogen-bond donors (Lipinski definition) is 0. The highest BCUT2D eigenvalue weighted by Crippen LogP contribution is 2.44. The largest absolute Gasteiger partial charge is 0.319 e. The lowest BCUT2D eigenvalue weighted by Crippen LogP contribution is -2.34. The molecule has 0 saturated heterocycles. The highest BCUT2D eigenvalue weighted by atomic mass is 16.2. The molecule has 1 amide bonds. The van der Waals surface area contributed by atoms with E-state index in [-0.39, 0.29) is 16.7 Å². The van der Waals surface area contributed by atoms with Crippen LogP contribution in [0.15, 0.2) is 11.3 Å². The fourth-order valence-corrected chi connectivity index (χ4v) is 3.40. The summed E-state index contributed by atoms with van der Waals surface area (Å²) in [6.45, 7) is 15.7. The van der Waals surface area contributed by atoms with Crippen LogP contribution in [0.4, 0.5) is 0 Å². The molecule has 1 heterocycles. The summed E-state index contributed by atoms with van der Waals surface area (Å²) in [6, 6.07) is 0. The molecule has 0 fully saturated rings. The van der Waals surface area contributed by atoms with E-state index in [9.17, 15) is 4.79 Å². The van der Waals surface area contributed by atoms with Crippen molar-refractivity contribution in [3.8, 4) is 0 Å². The molecule has 0 radical (unpaired) electrons. The van der Waals surface area contributed by atoms with Crippen LogP contribution in [0.25, 0.3) is 0 Å². The predicted molar refractivity (Wildman–Crippen MR) is 86.3 cm³/mol. The second kappa shape index (κ2) is 5.91. The summed E-state index contributed by atoms with van der Waals surface area (Å²) in [7, 11) is 1.96. The number of hydrogen-bond acceptors (Lipinski definition) is 1. The molecule has 0 aromatic carbocycles. The number of carbonyl (C=O) groups excluding carboxylic acids is 1. The lowest BCUT2D eigenvalue weighted by atomic mass is 9.74. The summed E-state index contributed by atoms with van der Waals surface area (Å²) < 4.78 is 0. The molecule has 0 saturated carbocycles. The molecule has 1 atom stereocenters. The summed E-state index contributed by atoms with van der Waals surface area (Å²) in [5.74, 6) is 0.789. The average Bonchev–Trinajstić information content (AvgIpc) is 2.36. The zero-order valence-electron chi connectivity index (χ0n) is 14.8. The van der Waals surface area contributed by atoms with Gasteiger partial charge < -0.3 is 4.90 Å². The van der Waals surface area contributed by atoms with E-state index in [0.717, 1.165) is 19.3 Å². The summed E-state index contributed by atoms with van der Waals surface area (Å²) in [5, 5.41) is 0. The van der Waals surface area contributed by atoms with E-state index in [1.807, 2.05) is 11.9 Å². The lowest BCUT2D eigenvalue weighted by Gasteiger charge is -2.36. The molecule has 116 valence electrons. The molecule has 2 heteroatoms. The third-order valence-electron chi connectivity index (χ3n) is 4.26. The SMILES string of the molecule is CCCC1CC(=O)N(C)C(C(C)(C)C)=C(C(C)(C)C)C1. The minimum atomic E-state index is 0.00806. The normalized spacial score (nSPS) is 22.3. The van der Waals surface area contributed by atoms with Crippen LogP contribution in [-0.2, 0) is 4.79 Å². The number of allylic oxidation sites excluding steroid dienone is 2. The maximum absolute atomic E-state index is 12.5. The van der Waals surface area contributed by atoms with Gasteiger partial charge in [-0.1, -0.05) is 54.9 Å². The van der Waals surface area contributed by atoms with Crippen molar-refractivity contribution in [3.63, 3.8) is 0 Å². The Kier molecular flexibility index (Phi) is 5.10. The standard InChI is InChI=1S/C18H33NO/c1-9-10-13-11-14(17(2,3)4)16(18(5,6)7)19(8)15(20)12-13/h13H,9-12H2,1-8H3. The minimum absolute atomic E-state index is 0.00806. The van der Waals surface area contributed by atoms with Gasteiger partial charge in [0.2, 0.25) is 5.91 Å². The molecule has 0 aromatic heterocycles. The Balaban J connectivity index is 3.39. The molecule has 2 nitrogen and oxygen atoms in total. The molecule has 1 unspecified atom stereocenters. The Morgan fingerprint density at radius 2 is 1.60 bits per heavy atom. The third-order valence-corrected chi connectivity index (χ3v) is 4.26. The Morgan fingerprint density at radius 1 is 1.05 bits per heavy atom. The average molecular weight is 279 g/mol. The molecule has 1 rings (SSSR count). The van der Waals surface area contributed by atoms with Crippen LogP contribution in [0.2, 0.25) is 0 Å². The molecule has 1 aliphatic heterocycles. The smallest absolute Gasteiger partial charge is 0.226 e. The summed E-state index contributed by atoms with van der Waals surface area (Å²) >= 11 is 0. The van der Waals surface area contributed by atoms with Crippen molar-refractivity contribution in [2.75, 3.05) is 7.05 Å². The van der Waals surface area contributed by atoms with Crippen molar-refractivity contribution < 1.29 is 4.79 Å². The Bertz CT molecular complexity index is 393. The highest BCUT2D eigenvalue weighted by Gasteiger charge is 2.36. The van der Waals surface area contributed by atoms with Gasteiger partial charge >= 0.3 is 0 Å². The van der Waals surface area contributed by atoms with Gasteiger partial charge in [-0.25, -0.2) is 0 Å². The van der Waals surface area contributed by atoms with E-state index in [1.165, 1.54) is 11.3 Å². The minimum Gasteiger partial charge on any atom is -0.319 e. The molecule has 0 spiro atoms. The van der Waals surface area contributed by atoms with E-state index in [2.05, 4.69) is 48.5 Å². The van der Waals surface area contributed by atoms with Crippen molar-refractivity contribution in [3.05, 3.63) is 11.3 Å². The number of nitrogens with zero attached hydrogens (tertiary/aromatic N) is 1. The fourth-order valence-electron chi connectivity index (χ4n) is 3.40. The molecule has 1 aliphatic rings. The van der Waals surface area contributed by atoms with Crippen molar-refractivity contribution in [2.24, 2.45) is 16.7 Å². The van der Waals surface area contributed by atoms with Crippen LogP contribution in [0, 0.1) is 16.7 Å². The van der Waals surface area contributed by atoms with Crippen LogP contribution in [-0.4, -0.2) is 17.9 Å². The second-order valence-corrected chi connectivity index (χ2v) is 8.34. The van der Waals surface area contributed by atoms with E-state index < -0.39 is 0 Å². The number of amides is 1. The van der Waals surface area contributed by atoms with Crippen LogP contribution < -0.4 is 0 Å². The molecule has 0 bridgehead atoms. The quantitative estimate of drug-likeness (QED) is 0.696. The Morgan fingerprint density at radius 3 is 2.00 bits per heavy atom. The number of carbonyl (C=O) groups is 1. The summed E-state index contributed by atoms with van der Waals surface area (Å²) in [4.78, 5) is 14.5. The van der Waals surface area contributed by atoms with Crippen LogP contribution in [0.5, 0.6) is 0 Å². The van der Waals surface area contributed by atoms with Gasteiger partial charge in [0, 0.05) is 24.6 Å². The van der Waals surface area contributed by atoms with Gasteiger partial charge in [-0.3, -0.25) is 4.79 Å². The van der Waals surface area contributed by atoms with Gasteiger partial charge in [0.1, 0.15) is 0 Å². The molecular formula is C18H33NO. The van der Waals surface area contributed by atoms with Gasteiger partial charge in [0.05, 0.1) is 0 Å². The first-order valence-corrected chi connectivity index (χ1v) is 7.99. The molecule has 20 heavy (non-hydrogen) atoms. The van der Waals surface area contributed by atoms with Crippen LogP contribution >= 0.6 is 0 Å². The zero-order chi connectivity index (χ0) is 15.7. The first-order chi connectivity index (χ1) is 8.98. The van der Waals surface area contributed by atoms with E-state index in [4.69, 9.17) is 0 Å². The molecular weight excluding hydrogens is 246 g/mol. The van der Waals surface area contributed by atoms with Crippen molar-refractivity contribution >= 4 is 5.91 Å². The molecule has 0 aliphatic carbocycles. The highest BCUT2D eigenvalue weighted by molar-refractivity contribution is 5.79. The van der Waals surface area contributed by atoms with Crippen molar-refractivity contribution in [1.82, 2.24) is 4.90 Å². The van der Waals surface area contributed by atoms with Gasteiger partial charge in [-0.15, -0.1) is 0 Å². The van der Waals surface area contributed by atoms with Crippen molar-refractivity contribution in [2.45, 2.75) is 74.1 Å². The first kappa shape index (κ1) is 17.3. The summed E-state index contributed by atoms with van der Waals surface area (Å²) in [6.07, 6.45) is 4.07. The molecule has 0 N–H and O–H groups in total. The van der Waals surface area contributed by atoms with Gasteiger partial charge in [0.25, 0.3) is 0 Å². The van der Waals surface area contributed by atoms with E-state index >= 15 is 0 Å². The number of rotatable bonds is 2. The van der Waals surface area contributed by atoms with Crippen LogP contribution in [0.3, 0.4) is 0 Å².